The summed E-state index contributed by atoms with van der Waals surface area (Å²) in [4.78, 5) is 12.7. The van der Waals surface area contributed by atoms with Gasteiger partial charge in [-0.15, -0.1) is 11.8 Å². The average molecular weight is 290 g/mol. The van der Waals surface area contributed by atoms with E-state index < -0.39 is 0 Å². The van der Waals surface area contributed by atoms with Gasteiger partial charge in [-0.05, 0) is 47.7 Å². The standard InChI is InChI=1S/C9H7IOS/c1-5-9(11)7-4-6(10)2-3-8(7)12-5/h2-5H,1H3. The Balaban J connectivity index is 2.56. The third kappa shape index (κ3) is 1.29. The van der Waals surface area contributed by atoms with Gasteiger partial charge in [-0.25, -0.2) is 0 Å². The summed E-state index contributed by atoms with van der Waals surface area (Å²) in [6, 6.07) is 6.04. The van der Waals surface area contributed by atoms with Crippen molar-refractivity contribution in [3.8, 4) is 0 Å². The molecule has 0 spiro atoms. The van der Waals surface area contributed by atoms with Crippen molar-refractivity contribution in [2.24, 2.45) is 0 Å². The predicted octanol–water partition coefficient (Wildman–Crippen LogP) is 2.97. The fourth-order valence-corrected chi connectivity index (χ4v) is 2.80. The molecule has 62 valence electrons. The SMILES string of the molecule is CC1Sc2ccc(I)cc2C1=O. The first-order valence-corrected chi connectivity index (χ1v) is 5.65. The van der Waals surface area contributed by atoms with Gasteiger partial charge in [0.15, 0.2) is 5.78 Å². The second-order valence-electron chi connectivity index (χ2n) is 2.76. The molecule has 1 nitrogen and oxygen atoms in total. The highest BCUT2D eigenvalue weighted by molar-refractivity contribution is 14.1. The number of hydrogen-bond donors (Lipinski definition) is 0. The van der Waals surface area contributed by atoms with E-state index in [1.165, 1.54) is 0 Å². The molecule has 1 aliphatic heterocycles. The molecule has 0 N–H and O–H groups in total. The third-order valence-electron chi connectivity index (χ3n) is 1.88. The summed E-state index contributed by atoms with van der Waals surface area (Å²) in [6.07, 6.45) is 0. The highest BCUT2D eigenvalue weighted by atomic mass is 127. The minimum absolute atomic E-state index is 0.109. The molecule has 12 heavy (non-hydrogen) atoms. The maximum Gasteiger partial charge on any atom is 0.177 e. The summed E-state index contributed by atoms with van der Waals surface area (Å²) in [5.74, 6) is 0.272. The molecule has 0 fully saturated rings. The number of carbonyl (C=O) groups excluding carboxylic acids is 1. The summed E-state index contributed by atoms with van der Waals surface area (Å²) in [6.45, 7) is 1.96. The topological polar surface area (TPSA) is 17.1 Å². The lowest BCUT2D eigenvalue weighted by Gasteiger charge is -1.95. The van der Waals surface area contributed by atoms with Gasteiger partial charge in [0, 0.05) is 14.0 Å². The van der Waals surface area contributed by atoms with Gasteiger partial charge in [0.1, 0.15) is 0 Å². The van der Waals surface area contributed by atoms with Gasteiger partial charge in [0.25, 0.3) is 0 Å². The molecular weight excluding hydrogens is 283 g/mol. The fraction of sp³-hybridized carbons (Fsp3) is 0.222. The van der Waals surface area contributed by atoms with Gasteiger partial charge in [0.05, 0.1) is 5.25 Å². The number of carbonyl (C=O) groups is 1. The smallest absolute Gasteiger partial charge is 0.177 e. The molecule has 3 heteroatoms. The van der Waals surface area contributed by atoms with Crippen LogP contribution in [0.5, 0.6) is 0 Å². The number of thioether (sulfide) groups is 1. The van der Waals surface area contributed by atoms with Gasteiger partial charge in [0.2, 0.25) is 0 Å². The molecule has 1 heterocycles. The van der Waals surface area contributed by atoms with Gasteiger partial charge in [-0.1, -0.05) is 0 Å². The van der Waals surface area contributed by atoms with Crippen LogP contribution < -0.4 is 0 Å². The van der Waals surface area contributed by atoms with E-state index in [1.807, 2.05) is 25.1 Å². The summed E-state index contributed by atoms with van der Waals surface area (Å²) >= 11 is 3.88. The summed E-state index contributed by atoms with van der Waals surface area (Å²) < 4.78 is 1.13. The van der Waals surface area contributed by atoms with Crippen molar-refractivity contribution in [1.29, 1.82) is 0 Å². The molecule has 2 rings (SSSR count). The van der Waals surface area contributed by atoms with Crippen LogP contribution >= 0.6 is 34.4 Å². The van der Waals surface area contributed by atoms with Crippen LogP contribution in [-0.4, -0.2) is 11.0 Å². The average Bonchev–Trinajstić information content (AvgIpc) is 2.31. The molecule has 0 bridgehead atoms. The monoisotopic (exact) mass is 290 g/mol. The Morgan fingerprint density at radius 2 is 2.25 bits per heavy atom. The van der Waals surface area contributed by atoms with Crippen LogP contribution in [-0.2, 0) is 0 Å². The van der Waals surface area contributed by atoms with Crippen LogP contribution in [0.25, 0.3) is 0 Å². The van der Waals surface area contributed by atoms with E-state index in [-0.39, 0.29) is 11.0 Å². The largest absolute Gasteiger partial charge is 0.293 e. The molecule has 0 saturated heterocycles. The van der Waals surface area contributed by atoms with E-state index in [0.717, 1.165) is 14.0 Å². The molecule has 0 aliphatic carbocycles. The Morgan fingerprint density at radius 3 is 3.00 bits per heavy atom. The molecule has 1 unspecified atom stereocenters. The van der Waals surface area contributed by atoms with E-state index in [1.54, 1.807) is 11.8 Å². The molecule has 1 atom stereocenters. The highest BCUT2D eigenvalue weighted by Gasteiger charge is 2.27. The highest BCUT2D eigenvalue weighted by Crippen LogP contribution is 2.37. The fourth-order valence-electron chi connectivity index (χ4n) is 1.26. The first-order valence-electron chi connectivity index (χ1n) is 3.69. The molecule has 0 saturated carbocycles. The summed E-state index contributed by atoms with van der Waals surface area (Å²) in [5.41, 5.74) is 0.902. The summed E-state index contributed by atoms with van der Waals surface area (Å²) in [7, 11) is 0. The quantitative estimate of drug-likeness (QED) is 0.683. The number of halogens is 1. The molecule has 1 aliphatic rings. The zero-order valence-electron chi connectivity index (χ0n) is 6.50. The number of ketones is 1. The van der Waals surface area contributed by atoms with E-state index in [9.17, 15) is 4.79 Å². The molecule has 1 aromatic carbocycles. The van der Waals surface area contributed by atoms with E-state index in [4.69, 9.17) is 0 Å². The van der Waals surface area contributed by atoms with Crippen molar-refractivity contribution in [3.05, 3.63) is 27.3 Å². The number of hydrogen-bond acceptors (Lipinski definition) is 2. The molecule has 1 aromatic rings. The summed E-state index contributed by atoms with van der Waals surface area (Å²) in [5, 5.41) is 0.109. The normalized spacial score (nSPS) is 21.2. The minimum atomic E-state index is 0.109. The number of Topliss-reactive ketones (excluding diaryl/α,β-unsaturated/α-hetero) is 1. The number of fused-ring (bicyclic) bond motifs is 1. The predicted molar refractivity (Wildman–Crippen MR) is 58.8 cm³/mol. The van der Waals surface area contributed by atoms with Crippen molar-refractivity contribution in [3.63, 3.8) is 0 Å². The minimum Gasteiger partial charge on any atom is -0.293 e. The lowest BCUT2D eigenvalue weighted by Crippen LogP contribution is -2.05. The Labute approximate surface area is 89.1 Å². The lowest BCUT2D eigenvalue weighted by molar-refractivity contribution is 0.0996. The van der Waals surface area contributed by atoms with Crippen LogP contribution in [0.15, 0.2) is 23.1 Å². The molecular formula is C9H7IOS. The maximum absolute atomic E-state index is 11.5. The van der Waals surface area contributed by atoms with Crippen molar-refractivity contribution < 1.29 is 4.79 Å². The van der Waals surface area contributed by atoms with Gasteiger partial charge in [-0.2, -0.15) is 0 Å². The Kier molecular flexibility index (Phi) is 2.16. The van der Waals surface area contributed by atoms with Crippen LogP contribution in [0.2, 0.25) is 0 Å². The van der Waals surface area contributed by atoms with Crippen LogP contribution in [0.1, 0.15) is 17.3 Å². The third-order valence-corrected chi connectivity index (χ3v) is 3.73. The van der Waals surface area contributed by atoms with E-state index in [0.29, 0.717) is 0 Å². The number of benzene rings is 1. The Hall–Kier alpha value is -0.0300. The van der Waals surface area contributed by atoms with Crippen LogP contribution in [0, 0.1) is 3.57 Å². The van der Waals surface area contributed by atoms with Crippen molar-refractivity contribution in [2.45, 2.75) is 17.1 Å². The zero-order valence-corrected chi connectivity index (χ0v) is 9.48. The Morgan fingerprint density at radius 1 is 1.50 bits per heavy atom. The van der Waals surface area contributed by atoms with Gasteiger partial charge in [-0.3, -0.25) is 4.79 Å². The van der Waals surface area contributed by atoms with Crippen molar-refractivity contribution in [2.75, 3.05) is 0 Å². The second kappa shape index (κ2) is 3.03. The van der Waals surface area contributed by atoms with E-state index >= 15 is 0 Å². The van der Waals surface area contributed by atoms with Gasteiger partial charge < -0.3 is 0 Å². The van der Waals surface area contributed by atoms with E-state index in [2.05, 4.69) is 22.6 Å². The first kappa shape index (κ1) is 8.56. The lowest BCUT2D eigenvalue weighted by atomic mass is 10.1. The first-order chi connectivity index (χ1) is 5.68. The van der Waals surface area contributed by atoms with Crippen molar-refractivity contribution >= 4 is 40.1 Å². The second-order valence-corrected chi connectivity index (χ2v) is 5.39. The van der Waals surface area contributed by atoms with Crippen LogP contribution in [0.4, 0.5) is 0 Å². The van der Waals surface area contributed by atoms with Gasteiger partial charge >= 0.3 is 0 Å². The Bertz CT molecular complexity index is 348. The molecule has 0 aromatic heterocycles. The molecule has 0 radical (unpaired) electrons. The molecule has 0 amide bonds. The van der Waals surface area contributed by atoms with Crippen LogP contribution in [0.3, 0.4) is 0 Å². The zero-order chi connectivity index (χ0) is 8.72. The van der Waals surface area contributed by atoms with Crippen molar-refractivity contribution in [1.82, 2.24) is 0 Å². The maximum atomic E-state index is 11.5. The number of rotatable bonds is 0.